The number of carbonyl (C=O) groups excluding carboxylic acids is 2. The van der Waals surface area contributed by atoms with E-state index in [0.29, 0.717) is 0 Å². The zero-order chi connectivity index (χ0) is 22.1. The number of benzene rings is 3. The highest BCUT2D eigenvalue weighted by Crippen LogP contribution is 2.18. The number of anilines is 1. The zero-order valence-electron chi connectivity index (χ0n) is 18.1. The van der Waals surface area contributed by atoms with Crippen LogP contribution in [0.1, 0.15) is 29.7 Å². The first-order valence-electron chi connectivity index (χ1n) is 10.6. The monoisotopic (exact) mass is 416 g/mol. The van der Waals surface area contributed by atoms with E-state index in [1.165, 1.54) is 0 Å². The van der Waals surface area contributed by atoms with E-state index in [1.807, 2.05) is 74.6 Å². The van der Waals surface area contributed by atoms with E-state index in [0.717, 1.165) is 33.7 Å². The summed E-state index contributed by atoms with van der Waals surface area (Å²) in [5.74, 6) is -0.386. The molecular formula is C26H30N3O2+. The number of nitrogens with one attached hydrogen (secondary N) is 3. The molecule has 0 spiro atoms. The molecule has 3 rings (SSSR count). The van der Waals surface area contributed by atoms with Gasteiger partial charge in [0.1, 0.15) is 6.04 Å². The quantitative estimate of drug-likeness (QED) is 0.502. The molecule has 5 nitrogen and oxygen atoms in total. The summed E-state index contributed by atoms with van der Waals surface area (Å²) in [6, 6.07) is 28.1. The van der Waals surface area contributed by atoms with Crippen molar-refractivity contribution in [3.63, 3.8) is 0 Å². The number of rotatable bonds is 9. The fourth-order valence-corrected chi connectivity index (χ4v) is 3.79. The van der Waals surface area contributed by atoms with Crippen LogP contribution >= 0.6 is 0 Å². The van der Waals surface area contributed by atoms with Crippen molar-refractivity contribution in [1.82, 2.24) is 5.32 Å². The molecule has 2 amide bonds. The lowest BCUT2D eigenvalue weighted by atomic mass is 9.97. The summed E-state index contributed by atoms with van der Waals surface area (Å²) in [7, 11) is 2.00. The molecule has 3 aromatic rings. The summed E-state index contributed by atoms with van der Waals surface area (Å²) in [6.07, 6.45) is 0.831. The largest absolute Gasteiger partial charge is 0.342 e. The van der Waals surface area contributed by atoms with Gasteiger partial charge in [-0.2, -0.15) is 0 Å². The minimum atomic E-state index is -0.227. The van der Waals surface area contributed by atoms with Crippen molar-refractivity contribution in [2.45, 2.75) is 19.4 Å². The van der Waals surface area contributed by atoms with E-state index in [2.05, 4.69) is 34.9 Å². The van der Waals surface area contributed by atoms with Crippen molar-refractivity contribution >= 4 is 17.5 Å². The highest BCUT2D eigenvalue weighted by molar-refractivity contribution is 5.95. The number of likely N-dealkylation sites (N-methyl/N-ethyl adjacent to an activating group) is 1. The van der Waals surface area contributed by atoms with E-state index in [1.54, 1.807) is 0 Å². The molecule has 0 aromatic heterocycles. The minimum Gasteiger partial charge on any atom is -0.342 e. The number of hydrogen-bond acceptors (Lipinski definition) is 2. The van der Waals surface area contributed by atoms with Gasteiger partial charge in [0.05, 0.1) is 13.6 Å². The Bertz CT molecular complexity index is 950. The van der Waals surface area contributed by atoms with Gasteiger partial charge in [-0.25, -0.2) is 0 Å². The maximum absolute atomic E-state index is 12.6. The average Bonchev–Trinajstić information content (AvgIpc) is 2.80. The number of aryl methyl sites for hydroxylation is 1. The Hall–Kier alpha value is -3.44. The molecule has 160 valence electrons. The second-order valence-corrected chi connectivity index (χ2v) is 7.61. The van der Waals surface area contributed by atoms with Crippen molar-refractivity contribution < 1.29 is 14.5 Å². The van der Waals surface area contributed by atoms with Crippen LogP contribution < -0.4 is 15.5 Å². The third kappa shape index (κ3) is 6.27. The first-order valence-corrected chi connectivity index (χ1v) is 10.6. The van der Waals surface area contributed by atoms with Crippen LogP contribution in [-0.2, 0) is 16.0 Å². The maximum atomic E-state index is 12.6. The topological polar surface area (TPSA) is 62.6 Å². The first-order chi connectivity index (χ1) is 15.1. The first kappa shape index (κ1) is 22.2. The van der Waals surface area contributed by atoms with Gasteiger partial charge in [-0.05, 0) is 18.1 Å². The highest BCUT2D eigenvalue weighted by Gasteiger charge is 2.25. The molecule has 0 bridgehead atoms. The summed E-state index contributed by atoms with van der Waals surface area (Å²) >= 11 is 0. The predicted molar refractivity (Wildman–Crippen MR) is 124 cm³/mol. The molecule has 0 radical (unpaired) electrons. The van der Waals surface area contributed by atoms with Crippen molar-refractivity contribution in [3.05, 3.63) is 102 Å². The summed E-state index contributed by atoms with van der Waals surface area (Å²) in [5, 5.41) is 5.64. The standard InChI is InChI=1S/C26H29N3O2/c1-3-20-12-10-11-17-23(20)28-24(30)18-27-25(31)19-29(2)26(21-13-6-4-7-14-21)22-15-8-5-9-16-22/h4-17,26H,3,18-19H2,1-2H3,(H,27,31)(H,28,30)/p+1. The van der Waals surface area contributed by atoms with Gasteiger partial charge in [0.2, 0.25) is 5.91 Å². The molecule has 0 aliphatic rings. The third-order valence-electron chi connectivity index (χ3n) is 5.32. The Morgan fingerprint density at radius 1 is 0.806 bits per heavy atom. The van der Waals surface area contributed by atoms with Crippen LogP contribution in [0.25, 0.3) is 0 Å². The van der Waals surface area contributed by atoms with E-state index in [4.69, 9.17) is 0 Å². The van der Waals surface area contributed by atoms with Crippen LogP contribution in [-0.4, -0.2) is 32.0 Å². The van der Waals surface area contributed by atoms with Gasteiger partial charge >= 0.3 is 0 Å². The van der Waals surface area contributed by atoms with Gasteiger partial charge in [0.15, 0.2) is 6.54 Å². The Morgan fingerprint density at radius 2 is 1.35 bits per heavy atom. The summed E-state index contributed by atoms with van der Waals surface area (Å²) in [6.45, 7) is 2.25. The maximum Gasteiger partial charge on any atom is 0.275 e. The molecule has 3 N–H and O–H groups in total. The fraction of sp³-hybridized carbons (Fsp3) is 0.231. The second kappa shape index (κ2) is 11.1. The summed E-state index contributed by atoms with van der Waals surface area (Å²) in [5.41, 5.74) is 4.15. The Labute approximate surface area is 184 Å². The lowest BCUT2D eigenvalue weighted by Gasteiger charge is -2.25. The number of hydrogen-bond donors (Lipinski definition) is 3. The van der Waals surface area contributed by atoms with Gasteiger partial charge in [0.25, 0.3) is 5.91 Å². The Balaban J connectivity index is 1.60. The van der Waals surface area contributed by atoms with Crippen molar-refractivity contribution in [2.24, 2.45) is 0 Å². The molecule has 0 aliphatic heterocycles. The molecule has 1 atom stereocenters. The SMILES string of the molecule is CCc1ccccc1NC(=O)CNC(=O)C[NH+](C)C(c1ccccc1)c1ccccc1. The lowest BCUT2D eigenvalue weighted by Crippen LogP contribution is -3.10. The number of para-hydroxylation sites is 1. The molecule has 0 saturated carbocycles. The molecule has 5 heteroatoms. The van der Waals surface area contributed by atoms with Crippen LogP contribution in [0.5, 0.6) is 0 Å². The molecule has 0 aliphatic carbocycles. The van der Waals surface area contributed by atoms with Crippen molar-refractivity contribution in [1.29, 1.82) is 0 Å². The molecule has 3 aromatic carbocycles. The number of amides is 2. The molecule has 31 heavy (non-hydrogen) atoms. The molecule has 1 unspecified atom stereocenters. The van der Waals surface area contributed by atoms with E-state index in [-0.39, 0.29) is 30.9 Å². The number of quaternary nitrogens is 1. The fourth-order valence-electron chi connectivity index (χ4n) is 3.79. The van der Waals surface area contributed by atoms with Crippen LogP contribution in [0, 0.1) is 0 Å². The van der Waals surface area contributed by atoms with Crippen molar-refractivity contribution in [3.8, 4) is 0 Å². The molecule has 0 fully saturated rings. The third-order valence-corrected chi connectivity index (χ3v) is 5.32. The van der Waals surface area contributed by atoms with Gasteiger partial charge in [-0.15, -0.1) is 0 Å². The molecular weight excluding hydrogens is 386 g/mol. The lowest BCUT2D eigenvalue weighted by molar-refractivity contribution is -0.898. The molecule has 0 heterocycles. The number of carbonyl (C=O) groups is 2. The van der Waals surface area contributed by atoms with E-state index in [9.17, 15) is 9.59 Å². The van der Waals surface area contributed by atoms with Crippen molar-refractivity contribution in [2.75, 3.05) is 25.5 Å². The smallest absolute Gasteiger partial charge is 0.275 e. The predicted octanol–water partition coefficient (Wildman–Crippen LogP) is 2.61. The van der Waals surface area contributed by atoms with Gasteiger partial charge in [0, 0.05) is 16.8 Å². The Kier molecular flexibility index (Phi) is 7.96. The van der Waals surface area contributed by atoms with Crippen LogP contribution in [0.4, 0.5) is 5.69 Å². The van der Waals surface area contributed by atoms with Gasteiger partial charge in [-0.3, -0.25) is 9.59 Å². The van der Waals surface area contributed by atoms with Crippen LogP contribution in [0.2, 0.25) is 0 Å². The average molecular weight is 417 g/mol. The summed E-state index contributed by atoms with van der Waals surface area (Å²) in [4.78, 5) is 25.9. The van der Waals surface area contributed by atoms with Gasteiger partial charge < -0.3 is 15.5 Å². The van der Waals surface area contributed by atoms with E-state index < -0.39 is 0 Å². The normalized spacial score (nSPS) is 11.7. The Morgan fingerprint density at radius 3 is 1.94 bits per heavy atom. The van der Waals surface area contributed by atoms with Crippen LogP contribution in [0.3, 0.4) is 0 Å². The highest BCUT2D eigenvalue weighted by atomic mass is 16.2. The zero-order valence-corrected chi connectivity index (χ0v) is 18.1. The van der Waals surface area contributed by atoms with E-state index >= 15 is 0 Å². The van der Waals surface area contributed by atoms with Crippen LogP contribution in [0.15, 0.2) is 84.9 Å². The van der Waals surface area contributed by atoms with Gasteiger partial charge in [-0.1, -0.05) is 85.8 Å². The summed E-state index contributed by atoms with van der Waals surface area (Å²) < 4.78 is 0. The minimum absolute atomic E-state index is 0.0263. The molecule has 0 saturated heterocycles. The second-order valence-electron chi connectivity index (χ2n) is 7.61.